The van der Waals surface area contributed by atoms with Crippen molar-refractivity contribution in [3.05, 3.63) is 77.2 Å². The molecule has 0 radical (unpaired) electrons. The summed E-state index contributed by atoms with van der Waals surface area (Å²) in [7, 11) is 0. The van der Waals surface area contributed by atoms with Gasteiger partial charge in [-0.05, 0) is 48.5 Å². The maximum absolute atomic E-state index is 12.9. The Bertz CT molecular complexity index is 720. The van der Waals surface area contributed by atoms with Gasteiger partial charge in [-0.2, -0.15) is 0 Å². The Balaban J connectivity index is 1.54. The average molecular weight is 345 g/mol. The van der Waals surface area contributed by atoms with Crippen LogP contribution in [0.3, 0.4) is 0 Å². The van der Waals surface area contributed by atoms with E-state index >= 15 is 0 Å². The molecule has 0 saturated carbocycles. The van der Waals surface area contributed by atoms with Crippen molar-refractivity contribution in [2.24, 2.45) is 0 Å². The van der Waals surface area contributed by atoms with Gasteiger partial charge in [0.2, 0.25) is 0 Å². The number of allylic oxidation sites excluding steroid dienone is 1. The Kier molecular flexibility index (Phi) is 5.16. The molecule has 0 bridgehead atoms. The van der Waals surface area contributed by atoms with Crippen molar-refractivity contribution in [1.82, 2.24) is 4.90 Å². The first kappa shape index (κ1) is 16.5. The Morgan fingerprint density at radius 2 is 1.58 bits per heavy atom. The van der Waals surface area contributed by atoms with Gasteiger partial charge < -0.3 is 9.80 Å². The molecule has 124 valence electrons. The maximum Gasteiger partial charge on any atom is 0.187 e. The normalized spacial score (nSPS) is 15.1. The first-order chi connectivity index (χ1) is 11.6. The third kappa shape index (κ3) is 4.15. The van der Waals surface area contributed by atoms with Crippen LogP contribution in [-0.2, 0) is 0 Å². The van der Waals surface area contributed by atoms with Crippen molar-refractivity contribution >= 4 is 23.1 Å². The van der Waals surface area contributed by atoms with Crippen LogP contribution in [-0.4, -0.2) is 36.9 Å². The molecule has 0 spiro atoms. The fourth-order valence-corrected chi connectivity index (χ4v) is 2.79. The average Bonchev–Trinajstić information content (AvgIpc) is 2.61. The predicted octanol–water partition coefficient (Wildman–Crippen LogP) is 4.00. The van der Waals surface area contributed by atoms with Crippen LogP contribution in [0.5, 0.6) is 0 Å². The molecule has 1 fully saturated rings. The highest BCUT2D eigenvalue weighted by Crippen LogP contribution is 2.19. The number of anilines is 1. The zero-order valence-electron chi connectivity index (χ0n) is 13.2. The number of rotatable bonds is 4. The summed E-state index contributed by atoms with van der Waals surface area (Å²) in [4.78, 5) is 16.5. The smallest absolute Gasteiger partial charge is 0.187 e. The van der Waals surface area contributed by atoms with Gasteiger partial charge in [0.15, 0.2) is 5.78 Å². The minimum Gasteiger partial charge on any atom is -0.374 e. The quantitative estimate of drug-likeness (QED) is 0.618. The van der Waals surface area contributed by atoms with Gasteiger partial charge in [0.05, 0.1) is 0 Å². The molecular weight excluding hydrogens is 327 g/mol. The van der Waals surface area contributed by atoms with Crippen LogP contribution in [0.15, 0.2) is 60.8 Å². The van der Waals surface area contributed by atoms with E-state index in [1.165, 1.54) is 24.3 Å². The fourth-order valence-electron chi connectivity index (χ4n) is 2.66. The zero-order chi connectivity index (χ0) is 16.9. The number of nitrogens with zero attached hydrogens (tertiary/aromatic N) is 2. The van der Waals surface area contributed by atoms with Gasteiger partial charge in [-0.15, -0.1) is 0 Å². The molecule has 3 rings (SSSR count). The zero-order valence-corrected chi connectivity index (χ0v) is 13.9. The Hall–Kier alpha value is -2.33. The second-order valence-electron chi connectivity index (χ2n) is 5.69. The molecule has 24 heavy (non-hydrogen) atoms. The molecule has 2 aromatic rings. The number of benzene rings is 2. The predicted molar refractivity (Wildman–Crippen MR) is 95.1 cm³/mol. The third-order valence-electron chi connectivity index (χ3n) is 4.07. The lowest BCUT2D eigenvalue weighted by Crippen LogP contribution is -2.44. The van der Waals surface area contributed by atoms with E-state index in [4.69, 9.17) is 11.6 Å². The number of hydrogen-bond acceptors (Lipinski definition) is 3. The molecule has 0 aromatic heterocycles. The van der Waals surface area contributed by atoms with E-state index in [9.17, 15) is 9.18 Å². The van der Waals surface area contributed by atoms with Gasteiger partial charge in [0.1, 0.15) is 5.82 Å². The molecule has 1 heterocycles. The fraction of sp³-hybridized carbons (Fsp3) is 0.211. The van der Waals surface area contributed by atoms with E-state index in [1.54, 1.807) is 6.08 Å². The minimum atomic E-state index is -0.339. The van der Waals surface area contributed by atoms with Gasteiger partial charge >= 0.3 is 0 Å². The van der Waals surface area contributed by atoms with Crippen LogP contribution in [0.2, 0.25) is 5.02 Å². The minimum absolute atomic E-state index is 0.116. The van der Waals surface area contributed by atoms with E-state index < -0.39 is 0 Å². The SMILES string of the molecule is O=C(/C=C\N1CCN(c2ccc(Cl)cc2)CC1)c1ccc(F)cc1. The second-order valence-corrected chi connectivity index (χ2v) is 6.12. The molecule has 1 aliphatic heterocycles. The van der Waals surface area contributed by atoms with Crippen LogP contribution in [0.1, 0.15) is 10.4 Å². The lowest BCUT2D eigenvalue weighted by Gasteiger charge is -2.35. The van der Waals surface area contributed by atoms with Crippen LogP contribution < -0.4 is 4.90 Å². The summed E-state index contributed by atoms with van der Waals surface area (Å²) in [5.41, 5.74) is 1.65. The first-order valence-electron chi connectivity index (χ1n) is 7.84. The number of carbonyl (C=O) groups is 1. The van der Waals surface area contributed by atoms with Gasteiger partial charge in [-0.25, -0.2) is 4.39 Å². The molecule has 0 amide bonds. The summed E-state index contributed by atoms with van der Waals surface area (Å²) < 4.78 is 12.9. The van der Waals surface area contributed by atoms with Crippen LogP contribution in [0.4, 0.5) is 10.1 Å². The summed E-state index contributed by atoms with van der Waals surface area (Å²) >= 11 is 5.92. The molecule has 0 N–H and O–H groups in total. The first-order valence-corrected chi connectivity index (χ1v) is 8.22. The largest absolute Gasteiger partial charge is 0.374 e. The molecule has 3 nitrogen and oxygen atoms in total. The van der Waals surface area contributed by atoms with E-state index in [1.807, 2.05) is 30.5 Å². The summed E-state index contributed by atoms with van der Waals surface area (Å²) in [5, 5.41) is 0.736. The van der Waals surface area contributed by atoms with Crippen LogP contribution in [0.25, 0.3) is 0 Å². The van der Waals surface area contributed by atoms with E-state index in [2.05, 4.69) is 9.80 Å². The lowest BCUT2D eigenvalue weighted by molar-refractivity contribution is 0.104. The van der Waals surface area contributed by atoms with E-state index in [0.717, 1.165) is 36.9 Å². The molecule has 1 aliphatic rings. The molecular formula is C19H18ClFN2O. The number of carbonyl (C=O) groups excluding carboxylic acids is 1. The number of ketones is 1. The van der Waals surface area contributed by atoms with E-state index in [-0.39, 0.29) is 11.6 Å². The molecule has 0 aliphatic carbocycles. The summed E-state index contributed by atoms with van der Waals surface area (Å²) in [6.07, 6.45) is 3.37. The van der Waals surface area contributed by atoms with Crippen molar-refractivity contribution < 1.29 is 9.18 Å². The molecule has 0 atom stereocenters. The van der Waals surface area contributed by atoms with Crippen LogP contribution in [0, 0.1) is 5.82 Å². The maximum atomic E-state index is 12.9. The van der Waals surface area contributed by atoms with Gasteiger partial charge in [0.25, 0.3) is 0 Å². The Morgan fingerprint density at radius 1 is 0.958 bits per heavy atom. The summed E-state index contributed by atoms with van der Waals surface area (Å²) in [5.74, 6) is -0.455. The van der Waals surface area contributed by atoms with Gasteiger partial charge in [-0.1, -0.05) is 11.6 Å². The van der Waals surface area contributed by atoms with Crippen LogP contribution >= 0.6 is 11.6 Å². The number of halogens is 2. The van der Waals surface area contributed by atoms with Gasteiger partial charge in [-0.3, -0.25) is 4.79 Å². The van der Waals surface area contributed by atoms with Crippen molar-refractivity contribution in [3.8, 4) is 0 Å². The molecule has 0 unspecified atom stereocenters. The van der Waals surface area contributed by atoms with Crippen molar-refractivity contribution in [3.63, 3.8) is 0 Å². The van der Waals surface area contributed by atoms with E-state index in [0.29, 0.717) is 5.56 Å². The number of piperazine rings is 1. The second kappa shape index (κ2) is 7.49. The van der Waals surface area contributed by atoms with Crippen molar-refractivity contribution in [2.45, 2.75) is 0 Å². The summed E-state index contributed by atoms with van der Waals surface area (Å²) in [6.45, 7) is 3.46. The highest BCUT2D eigenvalue weighted by atomic mass is 35.5. The molecule has 1 saturated heterocycles. The topological polar surface area (TPSA) is 23.6 Å². The Morgan fingerprint density at radius 3 is 2.21 bits per heavy atom. The van der Waals surface area contributed by atoms with Crippen molar-refractivity contribution in [1.29, 1.82) is 0 Å². The monoisotopic (exact) mass is 344 g/mol. The molecule has 5 heteroatoms. The summed E-state index contributed by atoms with van der Waals surface area (Å²) in [6, 6.07) is 13.4. The standard InChI is InChI=1S/C19H18ClFN2O/c20-16-3-7-18(8-4-16)23-13-11-22(12-14-23)10-9-19(24)15-1-5-17(21)6-2-15/h1-10H,11-14H2/b10-9-. The lowest BCUT2D eigenvalue weighted by atomic mass is 10.1. The Labute approximate surface area is 145 Å². The highest BCUT2D eigenvalue weighted by Gasteiger charge is 2.15. The number of hydrogen-bond donors (Lipinski definition) is 0. The van der Waals surface area contributed by atoms with Gasteiger partial charge in [0, 0.05) is 54.7 Å². The molecule has 2 aromatic carbocycles. The highest BCUT2D eigenvalue weighted by molar-refractivity contribution is 6.30. The van der Waals surface area contributed by atoms with Crippen molar-refractivity contribution in [2.75, 3.05) is 31.1 Å². The third-order valence-corrected chi connectivity index (χ3v) is 4.32.